The summed E-state index contributed by atoms with van der Waals surface area (Å²) >= 11 is 0. The van der Waals surface area contributed by atoms with E-state index in [4.69, 9.17) is 5.73 Å². The van der Waals surface area contributed by atoms with E-state index in [1.54, 1.807) is 42.0 Å². The van der Waals surface area contributed by atoms with Crippen LogP contribution in [0, 0.1) is 5.82 Å². The predicted molar refractivity (Wildman–Crippen MR) is 83.4 cm³/mol. The number of ketones is 1. The van der Waals surface area contributed by atoms with Gasteiger partial charge < -0.3 is 10.3 Å². The first kappa shape index (κ1) is 15.4. The molecule has 2 rings (SSSR count). The topological polar surface area (TPSA) is 65.1 Å². The highest BCUT2D eigenvalue weighted by Crippen LogP contribution is 2.12. The van der Waals surface area contributed by atoms with Gasteiger partial charge in [-0.25, -0.2) is 4.39 Å². The molecular weight excluding hydrogens is 283 g/mol. The molecule has 5 heteroatoms. The highest BCUT2D eigenvalue weighted by atomic mass is 19.1. The Labute approximate surface area is 127 Å². The second-order valence-corrected chi connectivity index (χ2v) is 4.69. The lowest BCUT2D eigenvalue weighted by atomic mass is 10.1. The Balaban J connectivity index is 2.17. The maximum Gasteiger partial charge on any atom is 0.241 e. The molecule has 0 saturated heterocycles. The molecule has 1 aromatic heterocycles. The number of amides is 1. The SMILES string of the molecule is Cn1c(/C=C/C(N)=O)ccc1/C=C/C(=O)c1cccc(F)c1. The molecule has 0 aliphatic carbocycles. The van der Waals surface area contributed by atoms with Gasteiger partial charge in [0.2, 0.25) is 5.91 Å². The zero-order valence-electron chi connectivity index (χ0n) is 12.0. The van der Waals surface area contributed by atoms with Crippen molar-refractivity contribution in [3.63, 3.8) is 0 Å². The Hall–Kier alpha value is -2.95. The minimum atomic E-state index is -0.528. The quantitative estimate of drug-likeness (QED) is 0.681. The van der Waals surface area contributed by atoms with E-state index in [1.165, 1.54) is 30.4 Å². The standard InChI is InChI=1S/C17H15FN2O2/c1-20-14(5-6-15(20)8-10-17(19)22)7-9-16(21)12-3-2-4-13(18)11-12/h2-11H,1H3,(H2,19,22)/b9-7+,10-8+. The summed E-state index contributed by atoms with van der Waals surface area (Å²) in [6.07, 6.45) is 5.87. The molecule has 4 nitrogen and oxygen atoms in total. The van der Waals surface area contributed by atoms with Crippen LogP contribution in [-0.2, 0) is 11.8 Å². The van der Waals surface area contributed by atoms with E-state index in [0.717, 1.165) is 11.4 Å². The number of halogens is 1. The van der Waals surface area contributed by atoms with Crippen LogP contribution in [0.5, 0.6) is 0 Å². The van der Waals surface area contributed by atoms with E-state index >= 15 is 0 Å². The van der Waals surface area contributed by atoms with Crippen molar-refractivity contribution in [2.45, 2.75) is 0 Å². The van der Waals surface area contributed by atoms with Crippen LogP contribution >= 0.6 is 0 Å². The van der Waals surface area contributed by atoms with E-state index in [0.29, 0.717) is 5.56 Å². The lowest BCUT2D eigenvalue weighted by Crippen LogP contribution is -2.05. The second kappa shape index (κ2) is 6.67. The van der Waals surface area contributed by atoms with E-state index < -0.39 is 11.7 Å². The number of nitrogens with two attached hydrogens (primary N) is 1. The van der Waals surface area contributed by atoms with Crippen LogP contribution in [-0.4, -0.2) is 16.3 Å². The molecule has 22 heavy (non-hydrogen) atoms. The number of benzene rings is 1. The number of carbonyl (C=O) groups excluding carboxylic acids is 2. The van der Waals surface area contributed by atoms with Crippen LogP contribution < -0.4 is 5.73 Å². The zero-order chi connectivity index (χ0) is 16.1. The average Bonchev–Trinajstić information content (AvgIpc) is 2.83. The molecule has 0 aliphatic heterocycles. The van der Waals surface area contributed by atoms with Crippen LogP contribution in [0.15, 0.2) is 48.6 Å². The smallest absolute Gasteiger partial charge is 0.241 e. The predicted octanol–water partition coefficient (Wildman–Crippen LogP) is 2.56. The lowest BCUT2D eigenvalue weighted by Gasteiger charge is -2.01. The molecule has 2 N–H and O–H groups in total. The number of nitrogens with zero attached hydrogens (tertiary/aromatic N) is 1. The fraction of sp³-hybridized carbons (Fsp3) is 0.0588. The fourth-order valence-corrected chi connectivity index (χ4v) is 1.94. The van der Waals surface area contributed by atoms with Gasteiger partial charge in [-0.2, -0.15) is 0 Å². The summed E-state index contributed by atoms with van der Waals surface area (Å²) in [5.41, 5.74) is 6.89. The van der Waals surface area contributed by atoms with Crippen LogP contribution in [0.3, 0.4) is 0 Å². The summed E-state index contributed by atoms with van der Waals surface area (Å²) in [6, 6.07) is 9.13. The Morgan fingerprint density at radius 1 is 1.09 bits per heavy atom. The van der Waals surface area contributed by atoms with Crippen molar-refractivity contribution in [2.24, 2.45) is 12.8 Å². The molecule has 0 spiro atoms. The Bertz CT molecular complexity index is 773. The molecule has 1 amide bonds. The normalized spacial score (nSPS) is 11.4. The maximum absolute atomic E-state index is 13.1. The number of hydrogen-bond acceptors (Lipinski definition) is 2. The molecule has 1 aromatic carbocycles. The number of hydrogen-bond donors (Lipinski definition) is 1. The molecule has 1 heterocycles. The molecule has 0 aliphatic rings. The second-order valence-electron chi connectivity index (χ2n) is 4.69. The summed E-state index contributed by atoms with van der Waals surface area (Å²) in [7, 11) is 1.80. The first-order valence-corrected chi connectivity index (χ1v) is 6.58. The summed E-state index contributed by atoms with van der Waals surface area (Å²) in [6.45, 7) is 0. The van der Waals surface area contributed by atoms with E-state index in [2.05, 4.69) is 0 Å². The van der Waals surface area contributed by atoms with Crippen molar-refractivity contribution in [2.75, 3.05) is 0 Å². The van der Waals surface area contributed by atoms with Gasteiger partial charge in [-0.15, -0.1) is 0 Å². The number of primary amides is 1. The number of carbonyl (C=O) groups is 2. The van der Waals surface area contributed by atoms with Crippen molar-refractivity contribution in [3.05, 3.63) is 71.3 Å². The van der Waals surface area contributed by atoms with Gasteiger partial charge in [0.25, 0.3) is 0 Å². The van der Waals surface area contributed by atoms with Crippen molar-refractivity contribution >= 4 is 23.8 Å². The summed E-state index contributed by atoms with van der Waals surface area (Å²) in [5, 5.41) is 0. The van der Waals surface area contributed by atoms with Gasteiger partial charge in [0.1, 0.15) is 5.82 Å². The number of aromatic nitrogens is 1. The molecule has 0 saturated carbocycles. The molecule has 0 fully saturated rings. The average molecular weight is 298 g/mol. The summed E-state index contributed by atoms with van der Waals surface area (Å²) in [4.78, 5) is 22.7. The van der Waals surface area contributed by atoms with E-state index in [-0.39, 0.29) is 5.78 Å². The van der Waals surface area contributed by atoms with E-state index in [9.17, 15) is 14.0 Å². The number of rotatable bonds is 5. The van der Waals surface area contributed by atoms with Crippen LogP contribution in [0.2, 0.25) is 0 Å². The minimum Gasteiger partial charge on any atom is -0.366 e. The molecule has 0 unspecified atom stereocenters. The maximum atomic E-state index is 13.1. The minimum absolute atomic E-state index is 0.282. The third-order valence-corrected chi connectivity index (χ3v) is 3.13. The van der Waals surface area contributed by atoms with E-state index in [1.807, 2.05) is 0 Å². The zero-order valence-corrected chi connectivity index (χ0v) is 12.0. The molecule has 0 bridgehead atoms. The molecule has 0 radical (unpaired) electrons. The van der Waals surface area contributed by atoms with Gasteiger partial charge >= 0.3 is 0 Å². The third kappa shape index (κ3) is 3.79. The molecule has 0 atom stereocenters. The summed E-state index contributed by atoms with van der Waals surface area (Å²) in [5.74, 6) is -1.26. The van der Waals surface area contributed by atoms with Crippen molar-refractivity contribution in [3.8, 4) is 0 Å². The molecule has 2 aromatic rings. The Morgan fingerprint density at radius 3 is 2.32 bits per heavy atom. The first-order valence-electron chi connectivity index (χ1n) is 6.58. The fourth-order valence-electron chi connectivity index (χ4n) is 1.94. The van der Waals surface area contributed by atoms with Crippen LogP contribution in [0.4, 0.5) is 4.39 Å². The first-order chi connectivity index (χ1) is 10.5. The highest BCUT2D eigenvalue weighted by Gasteiger charge is 2.04. The molecule has 112 valence electrons. The van der Waals surface area contributed by atoms with Gasteiger partial charge in [0.05, 0.1) is 0 Å². The van der Waals surface area contributed by atoms with Gasteiger partial charge in [-0.3, -0.25) is 9.59 Å². The monoisotopic (exact) mass is 298 g/mol. The Kier molecular flexibility index (Phi) is 4.68. The Morgan fingerprint density at radius 2 is 1.73 bits per heavy atom. The highest BCUT2D eigenvalue weighted by molar-refractivity contribution is 6.06. The molecular formula is C17H15FN2O2. The van der Waals surface area contributed by atoms with Crippen molar-refractivity contribution in [1.82, 2.24) is 4.57 Å². The van der Waals surface area contributed by atoms with Crippen LogP contribution in [0.25, 0.3) is 12.2 Å². The van der Waals surface area contributed by atoms with Gasteiger partial charge in [-0.1, -0.05) is 12.1 Å². The largest absolute Gasteiger partial charge is 0.366 e. The summed E-state index contributed by atoms with van der Waals surface area (Å²) < 4.78 is 14.9. The number of allylic oxidation sites excluding steroid dienone is 1. The third-order valence-electron chi connectivity index (χ3n) is 3.13. The van der Waals surface area contributed by atoms with Crippen molar-refractivity contribution < 1.29 is 14.0 Å². The van der Waals surface area contributed by atoms with Gasteiger partial charge in [0, 0.05) is 30.1 Å². The van der Waals surface area contributed by atoms with Gasteiger partial charge in [0.15, 0.2) is 5.78 Å². The van der Waals surface area contributed by atoms with Gasteiger partial charge in [-0.05, 0) is 42.5 Å². The van der Waals surface area contributed by atoms with Crippen molar-refractivity contribution in [1.29, 1.82) is 0 Å². The lowest BCUT2D eigenvalue weighted by molar-refractivity contribution is -0.113. The van der Waals surface area contributed by atoms with Crippen LogP contribution in [0.1, 0.15) is 21.7 Å².